The van der Waals surface area contributed by atoms with Gasteiger partial charge >= 0.3 is 12.1 Å². The number of piperidine rings is 1. The SMILES string of the molecule is CC(C)(C)C[C@H](NC(=O)C(NC(=O)C(F)(F)F)C(C)(C)C)C(=O)N[C@H](C#N)C[C@@H]1CCCNC1=O. The third-order valence-electron chi connectivity index (χ3n) is 5.50. The highest BCUT2D eigenvalue weighted by Gasteiger charge is 2.44. The quantitative estimate of drug-likeness (QED) is 0.401. The zero-order valence-corrected chi connectivity index (χ0v) is 21.1. The largest absolute Gasteiger partial charge is 0.471 e. The van der Waals surface area contributed by atoms with E-state index in [4.69, 9.17) is 0 Å². The molecule has 1 heterocycles. The molecule has 12 heteroatoms. The van der Waals surface area contributed by atoms with E-state index in [-0.39, 0.29) is 18.7 Å². The van der Waals surface area contributed by atoms with Gasteiger partial charge in [0.1, 0.15) is 18.1 Å². The van der Waals surface area contributed by atoms with Crippen molar-refractivity contribution >= 4 is 23.6 Å². The fourth-order valence-electron chi connectivity index (χ4n) is 3.73. The number of carbonyl (C=O) groups excluding carboxylic acids is 4. The molecule has 0 radical (unpaired) electrons. The van der Waals surface area contributed by atoms with E-state index in [1.165, 1.54) is 20.8 Å². The molecule has 9 nitrogen and oxygen atoms in total. The standard InChI is InChI=1S/C23H36F3N5O4/c1-21(2,3)11-15(18(33)29-14(12-27)10-13-8-7-9-28-17(13)32)30-19(34)16(22(4,5)6)31-20(35)23(24,25)26/h13-16H,7-11H2,1-6H3,(H,28,32)(H,29,33)(H,30,34)(H,31,35)/t13-,14-,15-,16?/m0/s1. The molecule has 1 aliphatic rings. The lowest BCUT2D eigenvalue weighted by atomic mass is 9.84. The van der Waals surface area contributed by atoms with Crippen LogP contribution < -0.4 is 21.3 Å². The van der Waals surface area contributed by atoms with Gasteiger partial charge in [0.15, 0.2) is 0 Å². The van der Waals surface area contributed by atoms with E-state index < -0.39 is 58.8 Å². The maximum atomic E-state index is 13.1. The lowest BCUT2D eigenvalue weighted by molar-refractivity contribution is -0.175. The van der Waals surface area contributed by atoms with Gasteiger partial charge in [-0.05, 0) is 36.5 Å². The maximum Gasteiger partial charge on any atom is 0.471 e. The maximum absolute atomic E-state index is 13.1. The van der Waals surface area contributed by atoms with Crippen LogP contribution in [0, 0.1) is 28.1 Å². The number of nitriles is 1. The molecule has 4 atom stereocenters. The minimum absolute atomic E-state index is 0.0938. The van der Waals surface area contributed by atoms with E-state index in [0.717, 1.165) is 6.42 Å². The van der Waals surface area contributed by atoms with E-state index in [1.807, 2.05) is 6.07 Å². The Bertz CT molecular complexity index is 840. The molecule has 0 spiro atoms. The normalized spacial score (nSPS) is 19.4. The third kappa shape index (κ3) is 10.1. The summed E-state index contributed by atoms with van der Waals surface area (Å²) in [5.74, 6) is -4.56. The molecule has 1 rings (SSSR count). The second-order valence-electron chi connectivity index (χ2n) is 11.2. The minimum atomic E-state index is -5.18. The average Bonchev–Trinajstić information content (AvgIpc) is 2.69. The van der Waals surface area contributed by atoms with Gasteiger partial charge in [0.25, 0.3) is 0 Å². The molecule has 1 unspecified atom stereocenters. The van der Waals surface area contributed by atoms with Crippen molar-refractivity contribution in [3.8, 4) is 6.07 Å². The Hall–Kier alpha value is -2.84. The molecular weight excluding hydrogens is 467 g/mol. The van der Waals surface area contributed by atoms with Gasteiger partial charge in [0.05, 0.1) is 6.07 Å². The summed E-state index contributed by atoms with van der Waals surface area (Å²) < 4.78 is 38.4. The highest BCUT2D eigenvalue weighted by Crippen LogP contribution is 2.25. The van der Waals surface area contributed by atoms with Crippen LogP contribution >= 0.6 is 0 Å². The van der Waals surface area contributed by atoms with Crippen molar-refractivity contribution in [1.29, 1.82) is 5.26 Å². The highest BCUT2D eigenvalue weighted by atomic mass is 19.4. The van der Waals surface area contributed by atoms with Crippen LogP contribution in [0.25, 0.3) is 0 Å². The number of nitrogens with one attached hydrogen (secondary N) is 4. The first-order valence-electron chi connectivity index (χ1n) is 11.5. The molecule has 0 aromatic rings. The van der Waals surface area contributed by atoms with Crippen LogP contribution in [0.5, 0.6) is 0 Å². The molecule has 198 valence electrons. The molecule has 4 N–H and O–H groups in total. The van der Waals surface area contributed by atoms with Crippen molar-refractivity contribution in [2.75, 3.05) is 6.54 Å². The third-order valence-corrected chi connectivity index (χ3v) is 5.50. The van der Waals surface area contributed by atoms with Gasteiger partial charge in [0, 0.05) is 12.5 Å². The first kappa shape index (κ1) is 30.2. The van der Waals surface area contributed by atoms with Gasteiger partial charge in [-0.3, -0.25) is 19.2 Å². The van der Waals surface area contributed by atoms with Gasteiger partial charge in [-0.25, -0.2) is 0 Å². The first-order chi connectivity index (χ1) is 15.8. The second kappa shape index (κ2) is 11.7. The zero-order chi connectivity index (χ0) is 27.2. The smallest absolute Gasteiger partial charge is 0.356 e. The summed E-state index contributed by atoms with van der Waals surface area (Å²) in [6, 6.07) is -1.81. The fraction of sp³-hybridized carbons (Fsp3) is 0.783. The van der Waals surface area contributed by atoms with E-state index in [9.17, 15) is 37.6 Å². The number of alkyl halides is 3. The van der Waals surface area contributed by atoms with Crippen LogP contribution in [-0.2, 0) is 19.2 Å². The average molecular weight is 504 g/mol. The molecule has 4 amide bonds. The molecule has 0 aliphatic carbocycles. The summed E-state index contributed by atoms with van der Waals surface area (Å²) in [6.07, 6.45) is -3.65. The van der Waals surface area contributed by atoms with Crippen LogP contribution in [0.4, 0.5) is 13.2 Å². The van der Waals surface area contributed by atoms with Crippen molar-refractivity contribution in [2.24, 2.45) is 16.7 Å². The summed E-state index contributed by atoms with van der Waals surface area (Å²) in [5.41, 5.74) is -1.58. The van der Waals surface area contributed by atoms with Gasteiger partial charge in [-0.1, -0.05) is 41.5 Å². The van der Waals surface area contributed by atoms with E-state index >= 15 is 0 Å². The molecule has 35 heavy (non-hydrogen) atoms. The Labute approximate surface area is 203 Å². The molecular formula is C23H36F3N5O4. The van der Waals surface area contributed by atoms with Crippen molar-refractivity contribution in [3.63, 3.8) is 0 Å². The summed E-state index contributed by atoms with van der Waals surface area (Å²) >= 11 is 0. The molecule has 1 aliphatic heterocycles. The number of amides is 4. The Morgan fingerprint density at radius 2 is 1.66 bits per heavy atom. The summed E-state index contributed by atoms with van der Waals surface area (Å²) in [6.45, 7) is 10.4. The number of hydrogen-bond donors (Lipinski definition) is 4. The van der Waals surface area contributed by atoms with Gasteiger partial charge in [0.2, 0.25) is 17.7 Å². The Kier molecular flexibility index (Phi) is 10.1. The molecule has 0 saturated carbocycles. The molecule has 0 aromatic heterocycles. The minimum Gasteiger partial charge on any atom is -0.356 e. The number of hydrogen-bond acceptors (Lipinski definition) is 5. The number of carbonyl (C=O) groups is 4. The number of rotatable bonds is 8. The van der Waals surface area contributed by atoms with Gasteiger partial charge < -0.3 is 21.3 Å². The second-order valence-corrected chi connectivity index (χ2v) is 11.2. The van der Waals surface area contributed by atoms with Crippen LogP contribution in [0.1, 0.15) is 67.2 Å². The topological polar surface area (TPSA) is 140 Å². The first-order valence-corrected chi connectivity index (χ1v) is 11.5. The zero-order valence-electron chi connectivity index (χ0n) is 21.1. The number of halogens is 3. The Morgan fingerprint density at radius 1 is 1.06 bits per heavy atom. The Balaban J connectivity index is 3.05. The van der Waals surface area contributed by atoms with Crippen LogP contribution in [0.15, 0.2) is 0 Å². The van der Waals surface area contributed by atoms with Crippen LogP contribution in [0.3, 0.4) is 0 Å². The predicted molar refractivity (Wildman–Crippen MR) is 121 cm³/mol. The lowest BCUT2D eigenvalue weighted by Crippen LogP contribution is -2.60. The summed E-state index contributed by atoms with van der Waals surface area (Å²) in [4.78, 5) is 49.6. The van der Waals surface area contributed by atoms with Crippen molar-refractivity contribution in [2.45, 2.75) is 91.5 Å². The van der Waals surface area contributed by atoms with Crippen molar-refractivity contribution in [1.82, 2.24) is 21.3 Å². The molecule has 1 saturated heterocycles. The lowest BCUT2D eigenvalue weighted by Gasteiger charge is -2.33. The van der Waals surface area contributed by atoms with E-state index in [1.54, 1.807) is 26.1 Å². The predicted octanol–water partition coefficient (Wildman–Crippen LogP) is 1.93. The highest BCUT2D eigenvalue weighted by molar-refractivity contribution is 5.93. The fourth-order valence-corrected chi connectivity index (χ4v) is 3.73. The monoisotopic (exact) mass is 503 g/mol. The number of nitrogens with zero attached hydrogens (tertiary/aromatic N) is 1. The van der Waals surface area contributed by atoms with Crippen molar-refractivity contribution < 1.29 is 32.3 Å². The summed E-state index contributed by atoms with van der Waals surface area (Å²) in [7, 11) is 0. The molecule has 0 bridgehead atoms. The summed E-state index contributed by atoms with van der Waals surface area (Å²) in [5, 5.41) is 18.9. The van der Waals surface area contributed by atoms with Crippen LogP contribution in [0.2, 0.25) is 0 Å². The van der Waals surface area contributed by atoms with E-state index in [0.29, 0.717) is 13.0 Å². The van der Waals surface area contributed by atoms with Crippen molar-refractivity contribution in [3.05, 3.63) is 0 Å². The van der Waals surface area contributed by atoms with Gasteiger partial charge in [-0.2, -0.15) is 18.4 Å². The van der Waals surface area contributed by atoms with Gasteiger partial charge in [-0.15, -0.1) is 0 Å². The molecule has 0 aromatic carbocycles. The van der Waals surface area contributed by atoms with E-state index in [2.05, 4.69) is 16.0 Å². The Morgan fingerprint density at radius 3 is 2.11 bits per heavy atom. The van der Waals surface area contributed by atoms with Crippen LogP contribution in [-0.4, -0.2) is 54.5 Å². The molecule has 1 fully saturated rings.